The van der Waals surface area contributed by atoms with Crippen molar-refractivity contribution in [3.05, 3.63) is 75.3 Å². The van der Waals surface area contributed by atoms with Gasteiger partial charge < -0.3 is 4.98 Å². The first-order valence-corrected chi connectivity index (χ1v) is 7.86. The van der Waals surface area contributed by atoms with E-state index in [0.29, 0.717) is 23.3 Å². The highest BCUT2D eigenvalue weighted by molar-refractivity contribution is 6.31. The summed E-state index contributed by atoms with van der Waals surface area (Å²) in [5.41, 5.74) is 1.66. The van der Waals surface area contributed by atoms with E-state index in [1.807, 2.05) is 49.5 Å². The van der Waals surface area contributed by atoms with E-state index in [9.17, 15) is 4.79 Å². The van der Waals surface area contributed by atoms with Gasteiger partial charge in [-0.15, -0.1) is 0 Å². The molecule has 1 N–H and O–H groups in total. The van der Waals surface area contributed by atoms with E-state index < -0.39 is 0 Å². The zero-order chi connectivity index (χ0) is 16.4. The van der Waals surface area contributed by atoms with Crippen LogP contribution in [0.4, 0.5) is 0 Å². The normalized spacial score (nSPS) is 12.7. The van der Waals surface area contributed by atoms with Gasteiger partial charge in [-0.3, -0.25) is 9.69 Å². The van der Waals surface area contributed by atoms with Crippen molar-refractivity contribution in [3.63, 3.8) is 0 Å². The Morgan fingerprint density at radius 2 is 1.87 bits per heavy atom. The minimum atomic E-state index is -0.107. The van der Waals surface area contributed by atoms with Crippen LogP contribution in [0.2, 0.25) is 5.02 Å². The summed E-state index contributed by atoms with van der Waals surface area (Å²) in [4.78, 5) is 21.7. The number of benzene rings is 2. The lowest BCUT2D eigenvalue weighted by Gasteiger charge is -2.25. The Labute approximate surface area is 139 Å². The lowest BCUT2D eigenvalue weighted by molar-refractivity contribution is 0.247. The van der Waals surface area contributed by atoms with Crippen molar-refractivity contribution in [3.8, 4) is 0 Å². The Hall–Kier alpha value is -2.17. The number of aromatic nitrogens is 2. The topological polar surface area (TPSA) is 49.0 Å². The van der Waals surface area contributed by atoms with Crippen molar-refractivity contribution in [2.75, 3.05) is 7.05 Å². The van der Waals surface area contributed by atoms with Crippen LogP contribution in [0.15, 0.2) is 53.3 Å². The number of aromatic amines is 1. The largest absolute Gasteiger partial charge is 0.309 e. The summed E-state index contributed by atoms with van der Waals surface area (Å²) in [6, 6.07) is 15.3. The maximum Gasteiger partial charge on any atom is 0.258 e. The molecule has 1 heterocycles. The molecule has 3 rings (SSSR count). The van der Waals surface area contributed by atoms with Crippen LogP contribution < -0.4 is 5.56 Å². The summed E-state index contributed by atoms with van der Waals surface area (Å²) < 4.78 is 0. The Balaban J connectivity index is 1.87. The summed E-state index contributed by atoms with van der Waals surface area (Å²) in [6.07, 6.45) is 0. The monoisotopic (exact) mass is 327 g/mol. The summed E-state index contributed by atoms with van der Waals surface area (Å²) in [6.45, 7) is 2.62. The molecule has 3 aromatic rings. The SMILES string of the molecule is C[C@H](c1ccccc1Cl)N(C)Cc1nc2ccccc2c(=O)[nH]1. The van der Waals surface area contributed by atoms with Crippen LogP contribution in [0.5, 0.6) is 0 Å². The molecule has 0 aliphatic heterocycles. The molecule has 1 atom stereocenters. The fraction of sp³-hybridized carbons (Fsp3) is 0.222. The summed E-state index contributed by atoms with van der Waals surface area (Å²) in [7, 11) is 1.99. The van der Waals surface area contributed by atoms with Crippen LogP contribution in [0, 0.1) is 0 Å². The van der Waals surface area contributed by atoms with Crippen LogP contribution in [0.25, 0.3) is 10.9 Å². The number of hydrogen-bond acceptors (Lipinski definition) is 3. The smallest absolute Gasteiger partial charge is 0.258 e. The zero-order valence-corrected chi connectivity index (χ0v) is 13.8. The molecular formula is C18H18ClN3O. The highest BCUT2D eigenvalue weighted by Crippen LogP contribution is 2.26. The predicted molar refractivity (Wildman–Crippen MR) is 93.7 cm³/mol. The van der Waals surface area contributed by atoms with E-state index in [1.165, 1.54) is 0 Å². The van der Waals surface area contributed by atoms with Crippen molar-refractivity contribution in [2.24, 2.45) is 0 Å². The van der Waals surface area contributed by atoms with Crippen LogP contribution in [0.1, 0.15) is 24.4 Å². The maximum atomic E-state index is 12.1. The number of hydrogen-bond donors (Lipinski definition) is 1. The molecular weight excluding hydrogens is 310 g/mol. The van der Waals surface area contributed by atoms with E-state index in [1.54, 1.807) is 6.07 Å². The van der Waals surface area contributed by atoms with E-state index in [4.69, 9.17) is 11.6 Å². The third-order valence-electron chi connectivity index (χ3n) is 4.08. The molecule has 1 aromatic heterocycles. The molecule has 0 saturated heterocycles. The van der Waals surface area contributed by atoms with Crippen molar-refractivity contribution in [2.45, 2.75) is 19.5 Å². The van der Waals surface area contributed by atoms with E-state index in [2.05, 4.69) is 21.8 Å². The van der Waals surface area contributed by atoms with Crippen LogP contribution in [-0.2, 0) is 6.54 Å². The van der Waals surface area contributed by atoms with Gasteiger partial charge in [0.25, 0.3) is 5.56 Å². The average molecular weight is 328 g/mol. The van der Waals surface area contributed by atoms with E-state index >= 15 is 0 Å². The highest BCUT2D eigenvalue weighted by atomic mass is 35.5. The minimum Gasteiger partial charge on any atom is -0.309 e. The maximum absolute atomic E-state index is 12.1. The molecule has 0 saturated carbocycles. The van der Waals surface area contributed by atoms with Gasteiger partial charge in [-0.05, 0) is 37.7 Å². The first kappa shape index (κ1) is 15.7. The van der Waals surface area contributed by atoms with Gasteiger partial charge in [0.1, 0.15) is 5.82 Å². The van der Waals surface area contributed by atoms with Gasteiger partial charge in [-0.2, -0.15) is 0 Å². The van der Waals surface area contributed by atoms with Crippen molar-refractivity contribution in [1.29, 1.82) is 0 Å². The minimum absolute atomic E-state index is 0.107. The van der Waals surface area contributed by atoms with Crippen molar-refractivity contribution in [1.82, 2.24) is 14.9 Å². The number of nitrogens with zero attached hydrogens (tertiary/aromatic N) is 2. The second kappa shape index (κ2) is 6.52. The molecule has 0 unspecified atom stereocenters. The van der Waals surface area contributed by atoms with Crippen molar-refractivity contribution < 1.29 is 0 Å². The zero-order valence-electron chi connectivity index (χ0n) is 13.1. The van der Waals surface area contributed by atoms with Gasteiger partial charge in [-0.1, -0.05) is 41.9 Å². The highest BCUT2D eigenvalue weighted by Gasteiger charge is 2.16. The molecule has 118 valence electrons. The average Bonchev–Trinajstić information content (AvgIpc) is 2.54. The second-order valence-electron chi connectivity index (χ2n) is 5.64. The summed E-state index contributed by atoms with van der Waals surface area (Å²) >= 11 is 6.27. The number of halogens is 1. The quantitative estimate of drug-likeness (QED) is 0.793. The summed E-state index contributed by atoms with van der Waals surface area (Å²) in [5, 5.41) is 1.35. The first-order chi connectivity index (χ1) is 11.1. The lowest BCUT2D eigenvalue weighted by Crippen LogP contribution is -2.25. The van der Waals surface area contributed by atoms with Gasteiger partial charge in [0.05, 0.1) is 17.4 Å². The molecule has 4 nitrogen and oxygen atoms in total. The molecule has 23 heavy (non-hydrogen) atoms. The Bertz CT molecular complexity index is 891. The van der Waals surface area contributed by atoms with Gasteiger partial charge in [0, 0.05) is 11.1 Å². The molecule has 0 radical (unpaired) electrons. The molecule has 0 bridgehead atoms. The number of rotatable bonds is 4. The Kier molecular flexibility index (Phi) is 4.46. The van der Waals surface area contributed by atoms with Gasteiger partial charge in [0.15, 0.2) is 0 Å². The lowest BCUT2D eigenvalue weighted by atomic mass is 10.1. The molecule has 0 amide bonds. The molecule has 5 heteroatoms. The fourth-order valence-corrected chi connectivity index (χ4v) is 2.93. The first-order valence-electron chi connectivity index (χ1n) is 7.49. The number of H-pyrrole nitrogens is 1. The number of para-hydroxylation sites is 1. The van der Waals surface area contributed by atoms with Crippen LogP contribution >= 0.6 is 11.6 Å². The Morgan fingerprint density at radius 1 is 1.17 bits per heavy atom. The van der Waals surface area contributed by atoms with Crippen LogP contribution in [-0.4, -0.2) is 21.9 Å². The third kappa shape index (κ3) is 3.28. The molecule has 0 spiro atoms. The summed E-state index contributed by atoms with van der Waals surface area (Å²) in [5.74, 6) is 0.648. The van der Waals surface area contributed by atoms with Crippen molar-refractivity contribution >= 4 is 22.5 Å². The van der Waals surface area contributed by atoms with Gasteiger partial charge in [0.2, 0.25) is 0 Å². The predicted octanol–water partition coefficient (Wildman–Crippen LogP) is 3.77. The molecule has 0 aliphatic rings. The second-order valence-corrected chi connectivity index (χ2v) is 6.05. The Morgan fingerprint density at radius 3 is 2.65 bits per heavy atom. The van der Waals surface area contributed by atoms with E-state index in [0.717, 1.165) is 10.6 Å². The molecule has 0 aliphatic carbocycles. The molecule has 0 fully saturated rings. The van der Waals surface area contributed by atoms with Crippen LogP contribution in [0.3, 0.4) is 0 Å². The van der Waals surface area contributed by atoms with Gasteiger partial charge in [-0.25, -0.2) is 4.98 Å². The number of fused-ring (bicyclic) bond motifs is 1. The third-order valence-corrected chi connectivity index (χ3v) is 4.42. The number of nitrogens with one attached hydrogen (secondary N) is 1. The van der Waals surface area contributed by atoms with Gasteiger partial charge >= 0.3 is 0 Å². The fourth-order valence-electron chi connectivity index (χ4n) is 2.63. The standard InChI is InChI=1S/C18H18ClN3O/c1-12(13-7-3-5-9-15(13)19)22(2)11-17-20-16-10-6-4-8-14(16)18(23)21-17/h3-10,12H,11H2,1-2H3,(H,20,21,23)/t12-/m1/s1. The molecule has 2 aromatic carbocycles. The van der Waals surface area contributed by atoms with E-state index in [-0.39, 0.29) is 11.6 Å².